The first-order chi connectivity index (χ1) is 23.8. The molecule has 0 saturated carbocycles. The summed E-state index contributed by atoms with van der Waals surface area (Å²) in [6, 6.07) is 55.0. The van der Waals surface area contributed by atoms with Crippen LogP contribution in [0, 0.1) is 0 Å². The Morgan fingerprint density at radius 1 is 0.375 bits per heavy atom. The topological polar surface area (TPSA) is 3.24 Å². The molecule has 48 heavy (non-hydrogen) atoms. The molecule has 0 amide bonds. The molecule has 0 radical (unpaired) electrons. The van der Waals surface area contributed by atoms with Gasteiger partial charge in [0.1, 0.15) is 0 Å². The minimum absolute atomic E-state index is 0.249. The highest BCUT2D eigenvalue weighted by Gasteiger charge is 2.27. The summed E-state index contributed by atoms with van der Waals surface area (Å²) in [4.78, 5) is 2.74. The highest BCUT2D eigenvalue weighted by Crippen LogP contribution is 2.53. The summed E-state index contributed by atoms with van der Waals surface area (Å²) < 4.78 is 0. The molecule has 0 aliphatic carbocycles. The zero-order valence-corrected chi connectivity index (χ0v) is 27.9. The quantitative estimate of drug-likeness (QED) is 0.175. The standard InChI is InChI=1S/C46H36NP/c1-5-13-39-31(9-1)17-21-35-27-47(28-36-22-18-32-10-2-6-14-40(32)44(36)43(35)39)25-26-48-29-37-23-19-33-11-3-7-15-41(33)45(37)46-38(30-48)24-20-34-12-4-8-16-42(34)46/h1-24H,25-30H2. The SMILES string of the molecule is c1ccc2c3c(ccc2c1)CN(CCP1Cc2ccc4ccccc4c2-c2c(ccc4ccccc24)C1)Cc1ccc2ccccc2c1-3. The van der Waals surface area contributed by atoms with Crippen molar-refractivity contribution in [1.29, 1.82) is 0 Å². The molecule has 10 rings (SSSR count). The van der Waals surface area contributed by atoms with Gasteiger partial charge in [0.15, 0.2) is 0 Å². The van der Waals surface area contributed by atoms with E-state index in [1.807, 2.05) is 0 Å². The van der Waals surface area contributed by atoms with Gasteiger partial charge in [0.25, 0.3) is 0 Å². The lowest BCUT2D eigenvalue weighted by Gasteiger charge is -2.25. The van der Waals surface area contributed by atoms with E-state index in [2.05, 4.69) is 150 Å². The highest BCUT2D eigenvalue weighted by atomic mass is 31.1. The van der Waals surface area contributed by atoms with E-state index >= 15 is 0 Å². The zero-order chi connectivity index (χ0) is 31.6. The lowest BCUT2D eigenvalue weighted by atomic mass is 9.88. The Hall–Kier alpha value is -4.81. The van der Waals surface area contributed by atoms with Gasteiger partial charge in [-0.25, -0.2) is 0 Å². The fourth-order valence-corrected chi connectivity index (χ4v) is 11.1. The molecule has 0 saturated heterocycles. The molecule has 230 valence electrons. The van der Waals surface area contributed by atoms with E-state index in [9.17, 15) is 0 Å². The maximum Gasteiger partial charge on any atom is 0.0243 e. The third-order valence-electron chi connectivity index (χ3n) is 10.9. The van der Waals surface area contributed by atoms with E-state index in [-0.39, 0.29) is 7.92 Å². The first-order valence-corrected chi connectivity index (χ1v) is 19.2. The van der Waals surface area contributed by atoms with Crippen LogP contribution in [0.5, 0.6) is 0 Å². The summed E-state index contributed by atoms with van der Waals surface area (Å²) in [5, 5.41) is 10.8. The molecule has 0 atom stereocenters. The first kappa shape index (κ1) is 28.2. The Labute approximate surface area is 283 Å². The van der Waals surface area contributed by atoms with Gasteiger partial charge >= 0.3 is 0 Å². The second-order valence-corrected chi connectivity index (χ2v) is 16.1. The lowest BCUT2D eigenvalue weighted by molar-refractivity contribution is 0.276. The van der Waals surface area contributed by atoms with Crippen molar-refractivity contribution in [2.45, 2.75) is 25.4 Å². The fraction of sp³-hybridized carbons (Fsp3) is 0.130. The molecule has 0 aromatic heterocycles. The number of hydrogen-bond acceptors (Lipinski definition) is 1. The van der Waals surface area contributed by atoms with Gasteiger partial charge in [0, 0.05) is 19.6 Å². The average molecular weight is 634 g/mol. The van der Waals surface area contributed by atoms with Gasteiger partial charge in [0.05, 0.1) is 0 Å². The Kier molecular flexibility index (Phi) is 6.71. The smallest absolute Gasteiger partial charge is 0.0243 e. The molecule has 0 bridgehead atoms. The summed E-state index contributed by atoms with van der Waals surface area (Å²) in [5.74, 6) is 0. The van der Waals surface area contributed by atoms with E-state index in [4.69, 9.17) is 0 Å². The third kappa shape index (κ3) is 4.61. The van der Waals surface area contributed by atoms with Gasteiger partial charge in [-0.2, -0.15) is 0 Å². The summed E-state index contributed by atoms with van der Waals surface area (Å²) in [6.45, 7) is 3.07. The van der Waals surface area contributed by atoms with Crippen LogP contribution >= 0.6 is 7.92 Å². The van der Waals surface area contributed by atoms with Crippen molar-refractivity contribution in [2.75, 3.05) is 12.7 Å². The van der Waals surface area contributed by atoms with Crippen LogP contribution in [0.4, 0.5) is 0 Å². The largest absolute Gasteiger partial charge is 0.294 e. The Morgan fingerprint density at radius 3 is 1.10 bits per heavy atom. The van der Waals surface area contributed by atoms with Gasteiger partial charge in [0.2, 0.25) is 0 Å². The lowest BCUT2D eigenvalue weighted by Crippen LogP contribution is -2.25. The summed E-state index contributed by atoms with van der Waals surface area (Å²) >= 11 is 0. The van der Waals surface area contributed by atoms with Crippen molar-refractivity contribution >= 4 is 51.0 Å². The average Bonchev–Trinajstić information content (AvgIpc) is 3.42. The maximum atomic E-state index is 2.74. The van der Waals surface area contributed by atoms with Crippen LogP contribution < -0.4 is 0 Å². The minimum Gasteiger partial charge on any atom is -0.294 e. The van der Waals surface area contributed by atoms with Crippen LogP contribution in [0.25, 0.3) is 65.3 Å². The number of nitrogens with zero attached hydrogens (tertiary/aromatic N) is 1. The van der Waals surface area contributed by atoms with Crippen LogP contribution in [0.1, 0.15) is 22.3 Å². The Balaban J connectivity index is 1.05. The zero-order valence-electron chi connectivity index (χ0n) is 27.0. The molecule has 2 aliphatic heterocycles. The first-order valence-electron chi connectivity index (χ1n) is 17.3. The van der Waals surface area contributed by atoms with Crippen LogP contribution in [-0.4, -0.2) is 17.6 Å². The molecule has 2 aliphatic rings. The molecule has 8 aromatic rings. The molecule has 0 fully saturated rings. The van der Waals surface area contributed by atoms with E-state index in [0.717, 1.165) is 19.6 Å². The summed E-state index contributed by atoms with van der Waals surface area (Å²) in [6.07, 6.45) is 3.59. The van der Waals surface area contributed by atoms with Crippen molar-refractivity contribution in [3.63, 3.8) is 0 Å². The van der Waals surface area contributed by atoms with Crippen molar-refractivity contribution in [3.05, 3.63) is 168 Å². The predicted octanol–water partition coefficient (Wildman–Crippen LogP) is 12.1. The van der Waals surface area contributed by atoms with E-state index in [1.165, 1.54) is 106 Å². The third-order valence-corrected chi connectivity index (χ3v) is 13.3. The van der Waals surface area contributed by atoms with Crippen LogP contribution in [0.3, 0.4) is 0 Å². The number of fused-ring (bicyclic) bond motifs is 14. The Morgan fingerprint density at radius 2 is 0.708 bits per heavy atom. The van der Waals surface area contributed by atoms with Crippen LogP contribution in [-0.2, 0) is 25.4 Å². The molecule has 2 heterocycles. The highest BCUT2D eigenvalue weighted by molar-refractivity contribution is 7.56. The molecule has 0 N–H and O–H groups in total. The van der Waals surface area contributed by atoms with E-state index in [0.29, 0.717) is 0 Å². The van der Waals surface area contributed by atoms with E-state index < -0.39 is 0 Å². The van der Waals surface area contributed by atoms with Gasteiger partial charge in [-0.15, -0.1) is 0 Å². The molecule has 1 nitrogen and oxygen atoms in total. The fourth-order valence-electron chi connectivity index (χ4n) is 8.65. The number of hydrogen-bond donors (Lipinski definition) is 0. The van der Waals surface area contributed by atoms with Gasteiger partial charge in [-0.1, -0.05) is 154 Å². The van der Waals surface area contributed by atoms with E-state index in [1.54, 1.807) is 0 Å². The monoisotopic (exact) mass is 633 g/mol. The molecule has 2 heteroatoms. The summed E-state index contributed by atoms with van der Waals surface area (Å²) in [5.41, 5.74) is 11.8. The number of benzene rings is 8. The van der Waals surface area contributed by atoms with Gasteiger partial charge < -0.3 is 0 Å². The van der Waals surface area contributed by atoms with Crippen molar-refractivity contribution in [3.8, 4) is 22.3 Å². The predicted molar refractivity (Wildman–Crippen MR) is 207 cm³/mol. The molecular formula is C46H36NP. The maximum absolute atomic E-state index is 2.74. The van der Waals surface area contributed by atoms with Crippen molar-refractivity contribution < 1.29 is 0 Å². The second kappa shape index (κ2) is 11.4. The minimum atomic E-state index is -0.249. The van der Waals surface area contributed by atoms with Gasteiger partial charge in [-0.05, 0) is 106 Å². The Bertz CT molecular complexity index is 2190. The van der Waals surface area contributed by atoms with Crippen molar-refractivity contribution in [1.82, 2.24) is 4.90 Å². The molecule has 0 spiro atoms. The van der Waals surface area contributed by atoms with Crippen LogP contribution in [0.15, 0.2) is 146 Å². The number of rotatable bonds is 3. The van der Waals surface area contributed by atoms with Gasteiger partial charge in [-0.3, -0.25) is 4.90 Å². The van der Waals surface area contributed by atoms with Crippen molar-refractivity contribution in [2.24, 2.45) is 0 Å². The molecule has 0 unspecified atom stereocenters. The summed E-state index contributed by atoms with van der Waals surface area (Å²) in [7, 11) is -0.249. The normalized spacial score (nSPS) is 14.8. The van der Waals surface area contributed by atoms with Crippen LogP contribution in [0.2, 0.25) is 0 Å². The molecular weight excluding hydrogens is 597 g/mol. The second-order valence-electron chi connectivity index (χ2n) is 13.7. The molecule has 8 aromatic carbocycles.